The van der Waals surface area contributed by atoms with Crippen molar-refractivity contribution in [3.8, 4) is 0 Å². The average Bonchev–Trinajstić information content (AvgIpc) is 2.94. The zero-order valence-corrected chi connectivity index (χ0v) is 15.5. The van der Waals surface area contributed by atoms with E-state index in [-0.39, 0.29) is 6.61 Å². The van der Waals surface area contributed by atoms with Crippen LogP contribution in [0.25, 0.3) is 0 Å². The van der Waals surface area contributed by atoms with Crippen molar-refractivity contribution in [1.29, 1.82) is 0 Å². The first kappa shape index (κ1) is 21.1. The fourth-order valence-electron chi connectivity index (χ4n) is 2.87. The molecular formula is C11H16F3NO10S2. The normalized spacial score (nSPS) is 37.7. The first-order valence-corrected chi connectivity index (χ1v) is 10.2. The molecule has 0 aliphatic carbocycles. The molecule has 0 saturated carbocycles. The quantitative estimate of drug-likeness (QED) is 0.581. The molecule has 3 aliphatic rings. The van der Waals surface area contributed by atoms with Crippen molar-refractivity contribution < 1.29 is 56.8 Å². The lowest BCUT2D eigenvalue weighted by atomic mass is 9.98. The summed E-state index contributed by atoms with van der Waals surface area (Å²) in [5, 5.41) is 0. The third-order valence-corrected chi connectivity index (χ3v) is 5.62. The van der Waals surface area contributed by atoms with Crippen molar-refractivity contribution >= 4 is 20.7 Å². The van der Waals surface area contributed by atoms with Gasteiger partial charge in [0, 0.05) is 0 Å². The minimum Gasteiger partial charge on any atom is -0.343 e. The van der Waals surface area contributed by atoms with Crippen LogP contribution in [0, 0.1) is 0 Å². The van der Waals surface area contributed by atoms with E-state index >= 15 is 0 Å². The molecule has 3 aliphatic heterocycles. The maximum atomic E-state index is 12.2. The molecule has 3 heterocycles. The molecule has 0 unspecified atom stereocenters. The molecule has 3 fully saturated rings. The predicted molar refractivity (Wildman–Crippen MR) is 76.3 cm³/mol. The van der Waals surface area contributed by atoms with Gasteiger partial charge in [0.15, 0.2) is 5.79 Å². The van der Waals surface area contributed by atoms with Crippen molar-refractivity contribution in [2.45, 2.75) is 49.9 Å². The Hall–Kier alpha value is -0.590. The van der Waals surface area contributed by atoms with Crippen molar-refractivity contribution in [2.24, 2.45) is 0 Å². The van der Waals surface area contributed by atoms with Gasteiger partial charge < -0.3 is 14.2 Å². The minimum absolute atomic E-state index is 0.376. The smallest absolute Gasteiger partial charge is 0.343 e. The fourth-order valence-corrected chi connectivity index (χ4v) is 4.62. The maximum absolute atomic E-state index is 12.2. The first-order chi connectivity index (χ1) is 12.1. The Morgan fingerprint density at radius 3 is 2.56 bits per heavy atom. The number of hydrogen-bond donors (Lipinski definition) is 1. The summed E-state index contributed by atoms with van der Waals surface area (Å²) in [6.45, 7) is -0.256. The summed E-state index contributed by atoms with van der Waals surface area (Å²) in [5.41, 5.74) is 0. The van der Waals surface area contributed by atoms with E-state index in [1.807, 2.05) is 0 Å². The SMILES string of the molecule is CC1(C)O[C@H]2[C@@H]3OS(=O)(=O)O[C@@H]3CO[C@@]2(COS(=O)(=O)NCC(F)(F)F)O1. The number of alkyl halides is 3. The average molecular weight is 443 g/mol. The van der Waals surface area contributed by atoms with Crippen molar-refractivity contribution in [2.75, 3.05) is 19.8 Å². The van der Waals surface area contributed by atoms with Gasteiger partial charge in [0.2, 0.25) is 5.79 Å². The highest BCUT2D eigenvalue weighted by Crippen LogP contribution is 2.46. The van der Waals surface area contributed by atoms with Gasteiger partial charge in [0.05, 0.1) is 6.61 Å². The molecule has 27 heavy (non-hydrogen) atoms. The molecule has 1 N–H and O–H groups in total. The summed E-state index contributed by atoms with van der Waals surface area (Å²) in [6.07, 6.45) is -8.36. The van der Waals surface area contributed by atoms with Crippen LogP contribution in [-0.4, -0.2) is 72.7 Å². The maximum Gasteiger partial charge on any atom is 0.402 e. The summed E-state index contributed by atoms with van der Waals surface area (Å²) in [5.74, 6) is -3.30. The summed E-state index contributed by atoms with van der Waals surface area (Å²) in [6, 6.07) is 0. The third-order valence-electron chi connectivity index (χ3n) is 3.75. The van der Waals surface area contributed by atoms with Gasteiger partial charge in [-0.05, 0) is 13.8 Å². The molecule has 0 bridgehead atoms. The van der Waals surface area contributed by atoms with E-state index in [0.29, 0.717) is 0 Å². The van der Waals surface area contributed by atoms with Crippen molar-refractivity contribution in [3.63, 3.8) is 0 Å². The summed E-state index contributed by atoms with van der Waals surface area (Å²) in [4.78, 5) is 0. The van der Waals surface area contributed by atoms with Gasteiger partial charge in [-0.2, -0.15) is 34.7 Å². The number of ether oxygens (including phenoxy) is 3. The molecule has 3 saturated heterocycles. The number of halogens is 3. The lowest BCUT2D eigenvalue weighted by molar-refractivity contribution is -0.290. The van der Waals surface area contributed by atoms with E-state index < -0.39 is 69.9 Å². The Morgan fingerprint density at radius 2 is 1.93 bits per heavy atom. The Balaban J connectivity index is 1.76. The van der Waals surface area contributed by atoms with Crippen LogP contribution in [0.5, 0.6) is 0 Å². The van der Waals surface area contributed by atoms with E-state index in [9.17, 15) is 30.0 Å². The molecule has 0 spiro atoms. The van der Waals surface area contributed by atoms with Crippen LogP contribution in [0.15, 0.2) is 0 Å². The number of rotatable bonds is 5. The van der Waals surface area contributed by atoms with Crippen LogP contribution in [0.3, 0.4) is 0 Å². The number of fused-ring (bicyclic) bond motifs is 3. The molecule has 158 valence electrons. The predicted octanol–water partition coefficient (Wildman–Crippen LogP) is -0.693. The van der Waals surface area contributed by atoms with E-state index in [2.05, 4.69) is 8.37 Å². The highest BCUT2D eigenvalue weighted by atomic mass is 32.3. The van der Waals surface area contributed by atoms with Crippen molar-refractivity contribution in [3.05, 3.63) is 0 Å². The van der Waals surface area contributed by atoms with Gasteiger partial charge in [-0.3, -0.25) is 4.18 Å². The van der Waals surface area contributed by atoms with Crippen LogP contribution in [0.2, 0.25) is 0 Å². The highest BCUT2D eigenvalue weighted by molar-refractivity contribution is 7.84. The largest absolute Gasteiger partial charge is 0.402 e. The lowest BCUT2D eigenvalue weighted by Crippen LogP contribution is -2.60. The van der Waals surface area contributed by atoms with Crippen LogP contribution >= 0.6 is 0 Å². The molecule has 4 atom stereocenters. The van der Waals surface area contributed by atoms with E-state index in [4.69, 9.17) is 18.4 Å². The van der Waals surface area contributed by atoms with Crippen molar-refractivity contribution in [1.82, 2.24) is 4.72 Å². The van der Waals surface area contributed by atoms with Gasteiger partial charge in [0.1, 0.15) is 31.5 Å². The molecule has 3 rings (SSSR count). The van der Waals surface area contributed by atoms with Gasteiger partial charge >= 0.3 is 26.9 Å². The standard InChI is InChI=1S/C11H16F3NO10S2/c1-9(2)22-8-7-6(23-27(18,19)24-7)3-20-10(8,25-9)5-21-26(16,17)15-4-11(12,13)14/h6-8,15H,3-5H2,1-2H3/t6-,7-,8+,10+/m1/s1. The highest BCUT2D eigenvalue weighted by Gasteiger charge is 2.66. The van der Waals surface area contributed by atoms with Crippen LogP contribution in [0.1, 0.15) is 13.8 Å². The van der Waals surface area contributed by atoms with E-state index in [0.717, 1.165) is 0 Å². The van der Waals surface area contributed by atoms with Gasteiger partial charge in [-0.1, -0.05) is 0 Å². The summed E-state index contributed by atoms with van der Waals surface area (Å²) >= 11 is 0. The van der Waals surface area contributed by atoms with E-state index in [1.165, 1.54) is 18.6 Å². The molecule has 16 heteroatoms. The van der Waals surface area contributed by atoms with E-state index in [1.54, 1.807) is 0 Å². The monoisotopic (exact) mass is 443 g/mol. The molecule has 0 aromatic carbocycles. The van der Waals surface area contributed by atoms with Gasteiger partial charge in [-0.15, -0.1) is 0 Å². The number of nitrogens with one attached hydrogen (secondary N) is 1. The van der Waals surface area contributed by atoms with Gasteiger partial charge in [-0.25, -0.2) is 8.37 Å². The summed E-state index contributed by atoms with van der Waals surface area (Å²) in [7, 11) is -9.13. The Bertz CT molecular complexity index is 798. The third kappa shape index (κ3) is 4.70. The van der Waals surface area contributed by atoms with Gasteiger partial charge in [0.25, 0.3) is 0 Å². The Labute approximate surface area is 152 Å². The topological polar surface area (TPSA) is 136 Å². The Morgan fingerprint density at radius 1 is 1.26 bits per heavy atom. The molecular weight excluding hydrogens is 427 g/mol. The molecule has 0 aromatic heterocycles. The first-order valence-electron chi connectivity index (χ1n) is 7.46. The van der Waals surface area contributed by atoms with Crippen LogP contribution in [0.4, 0.5) is 13.2 Å². The molecule has 0 radical (unpaired) electrons. The van der Waals surface area contributed by atoms with Crippen LogP contribution in [-0.2, 0) is 47.5 Å². The molecule has 0 aromatic rings. The second-order valence-electron chi connectivity index (χ2n) is 6.42. The zero-order valence-electron chi connectivity index (χ0n) is 13.9. The lowest BCUT2D eigenvalue weighted by Gasteiger charge is -2.39. The molecule has 0 amide bonds. The summed E-state index contributed by atoms with van der Waals surface area (Å²) < 4.78 is 115. The minimum atomic E-state index is -4.82. The second kappa shape index (κ2) is 6.46. The number of hydrogen-bond acceptors (Lipinski definition) is 10. The van der Waals surface area contributed by atoms with Crippen LogP contribution < -0.4 is 4.72 Å². The second-order valence-corrected chi connectivity index (χ2v) is 9.05. The Kier molecular flexibility index (Phi) is 5.06. The molecule has 11 nitrogen and oxygen atoms in total. The fraction of sp³-hybridized carbons (Fsp3) is 1.00. The zero-order chi connectivity index (χ0) is 20.3.